The quantitative estimate of drug-likeness (QED) is 0.803. The first-order valence-corrected chi connectivity index (χ1v) is 5.90. The molecule has 1 N–H and O–H groups in total. The van der Waals surface area contributed by atoms with Crippen molar-refractivity contribution in [2.75, 3.05) is 6.54 Å². The van der Waals surface area contributed by atoms with Gasteiger partial charge in [-0.2, -0.15) is 0 Å². The van der Waals surface area contributed by atoms with Crippen LogP contribution in [0.1, 0.15) is 38.3 Å². The van der Waals surface area contributed by atoms with Crippen LogP contribution in [0.4, 0.5) is 4.39 Å². The Bertz CT molecular complexity index is 345. The molecule has 16 heavy (non-hydrogen) atoms. The molecule has 0 bridgehead atoms. The van der Waals surface area contributed by atoms with Crippen LogP contribution in [0.2, 0.25) is 0 Å². The van der Waals surface area contributed by atoms with E-state index in [-0.39, 0.29) is 5.82 Å². The van der Waals surface area contributed by atoms with Crippen LogP contribution in [0, 0.1) is 18.2 Å². The van der Waals surface area contributed by atoms with Gasteiger partial charge in [-0.15, -0.1) is 0 Å². The molecule has 0 aliphatic carbocycles. The summed E-state index contributed by atoms with van der Waals surface area (Å²) < 4.78 is 13.0. The maximum Gasteiger partial charge on any atom is 0.126 e. The Labute approximate surface area is 98.1 Å². The Morgan fingerprint density at radius 2 is 2.00 bits per heavy atom. The molecule has 1 rings (SSSR count). The van der Waals surface area contributed by atoms with Crippen molar-refractivity contribution in [2.45, 2.75) is 40.7 Å². The van der Waals surface area contributed by atoms with Crippen molar-refractivity contribution in [1.82, 2.24) is 5.32 Å². The Kier molecular flexibility index (Phi) is 4.48. The van der Waals surface area contributed by atoms with Gasteiger partial charge in [-0.3, -0.25) is 0 Å². The SMILES string of the molecule is CCC(C)(C)CNCc1ccc(F)c(C)c1. The summed E-state index contributed by atoms with van der Waals surface area (Å²) in [7, 11) is 0. The average Bonchev–Trinajstić information content (AvgIpc) is 2.23. The molecule has 1 aromatic carbocycles. The van der Waals surface area contributed by atoms with Gasteiger partial charge in [0.25, 0.3) is 0 Å². The molecular weight excluding hydrogens is 201 g/mol. The first-order valence-electron chi connectivity index (χ1n) is 5.90. The number of hydrogen-bond donors (Lipinski definition) is 1. The van der Waals surface area contributed by atoms with Crippen LogP contribution in [-0.2, 0) is 6.54 Å². The molecular formula is C14H22FN. The van der Waals surface area contributed by atoms with Gasteiger partial charge in [0.05, 0.1) is 0 Å². The summed E-state index contributed by atoms with van der Waals surface area (Å²) >= 11 is 0. The summed E-state index contributed by atoms with van der Waals surface area (Å²) in [5.41, 5.74) is 2.19. The van der Waals surface area contributed by atoms with E-state index in [1.807, 2.05) is 12.1 Å². The first kappa shape index (κ1) is 13.2. The van der Waals surface area contributed by atoms with E-state index in [4.69, 9.17) is 0 Å². The van der Waals surface area contributed by atoms with E-state index in [2.05, 4.69) is 26.1 Å². The maximum atomic E-state index is 13.0. The summed E-state index contributed by atoms with van der Waals surface area (Å²) in [4.78, 5) is 0. The zero-order valence-corrected chi connectivity index (χ0v) is 10.7. The molecule has 0 fully saturated rings. The van der Waals surface area contributed by atoms with Gasteiger partial charge >= 0.3 is 0 Å². The van der Waals surface area contributed by atoms with E-state index in [1.54, 1.807) is 6.92 Å². The van der Waals surface area contributed by atoms with Crippen molar-refractivity contribution in [1.29, 1.82) is 0 Å². The molecule has 1 aromatic rings. The maximum absolute atomic E-state index is 13.0. The second kappa shape index (κ2) is 5.44. The molecule has 0 aliphatic heterocycles. The van der Waals surface area contributed by atoms with E-state index in [9.17, 15) is 4.39 Å². The largest absolute Gasteiger partial charge is 0.312 e. The molecule has 0 aliphatic rings. The van der Waals surface area contributed by atoms with Crippen molar-refractivity contribution < 1.29 is 4.39 Å². The lowest BCUT2D eigenvalue weighted by atomic mass is 9.90. The van der Waals surface area contributed by atoms with Crippen LogP contribution >= 0.6 is 0 Å². The molecule has 0 saturated carbocycles. The molecule has 0 heterocycles. The van der Waals surface area contributed by atoms with E-state index in [0.29, 0.717) is 11.0 Å². The third-order valence-electron chi connectivity index (χ3n) is 3.11. The molecule has 0 unspecified atom stereocenters. The smallest absolute Gasteiger partial charge is 0.126 e. The molecule has 0 spiro atoms. The second-order valence-corrected chi connectivity index (χ2v) is 5.20. The molecule has 0 radical (unpaired) electrons. The van der Waals surface area contributed by atoms with Crippen molar-refractivity contribution in [3.63, 3.8) is 0 Å². The second-order valence-electron chi connectivity index (χ2n) is 5.20. The molecule has 0 aromatic heterocycles. The lowest BCUT2D eigenvalue weighted by Crippen LogP contribution is -2.28. The van der Waals surface area contributed by atoms with Crippen LogP contribution in [0.25, 0.3) is 0 Å². The minimum absolute atomic E-state index is 0.127. The van der Waals surface area contributed by atoms with Gasteiger partial charge < -0.3 is 5.32 Å². The van der Waals surface area contributed by atoms with Crippen LogP contribution in [0.3, 0.4) is 0 Å². The Balaban J connectivity index is 2.46. The highest BCUT2D eigenvalue weighted by Gasteiger charge is 2.13. The van der Waals surface area contributed by atoms with Crippen molar-refractivity contribution in [3.05, 3.63) is 35.1 Å². The van der Waals surface area contributed by atoms with E-state index >= 15 is 0 Å². The summed E-state index contributed by atoms with van der Waals surface area (Å²) in [6, 6.07) is 5.28. The van der Waals surface area contributed by atoms with Crippen molar-refractivity contribution in [3.8, 4) is 0 Å². The minimum Gasteiger partial charge on any atom is -0.312 e. The van der Waals surface area contributed by atoms with Gasteiger partial charge in [0.1, 0.15) is 5.82 Å². The van der Waals surface area contributed by atoms with Crippen LogP contribution < -0.4 is 5.32 Å². The lowest BCUT2D eigenvalue weighted by Gasteiger charge is -2.23. The number of benzene rings is 1. The molecule has 0 amide bonds. The minimum atomic E-state index is -0.127. The number of hydrogen-bond acceptors (Lipinski definition) is 1. The highest BCUT2D eigenvalue weighted by Crippen LogP contribution is 2.18. The number of aryl methyl sites for hydroxylation is 1. The fourth-order valence-electron chi connectivity index (χ4n) is 1.49. The van der Waals surface area contributed by atoms with E-state index < -0.39 is 0 Å². The molecule has 0 saturated heterocycles. The molecule has 0 atom stereocenters. The Morgan fingerprint density at radius 1 is 1.31 bits per heavy atom. The van der Waals surface area contributed by atoms with Gasteiger partial charge in [0.15, 0.2) is 0 Å². The normalized spacial score (nSPS) is 11.8. The molecule has 2 heteroatoms. The van der Waals surface area contributed by atoms with Gasteiger partial charge in [-0.25, -0.2) is 4.39 Å². The topological polar surface area (TPSA) is 12.0 Å². The van der Waals surface area contributed by atoms with Gasteiger partial charge in [-0.05, 0) is 36.0 Å². The standard InChI is InChI=1S/C14H22FN/c1-5-14(3,4)10-16-9-12-6-7-13(15)11(2)8-12/h6-8,16H,5,9-10H2,1-4H3. The van der Waals surface area contributed by atoms with Gasteiger partial charge in [-0.1, -0.05) is 32.9 Å². The summed E-state index contributed by atoms with van der Waals surface area (Å²) in [5, 5.41) is 3.42. The highest BCUT2D eigenvalue weighted by atomic mass is 19.1. The molecule has 90 valence electrons. The number of nitrogens with one attached hydrogen (secondary N) is 1. The number of halogens is 1. The fourth-order valence-corrected chi connectivity index (χ4v) is 1.49. The van der Waals surface area contributed by atoms with Gasteiger partial charge in [0.2, 0.25) is 0 Å². The number of rotatable bonds is 5. The van der Waals surface area contributed by atoms with Crippen LogP contribution in [-0.4, -0.2) is 6.54 Å². The van der Waals surface area contributed by atoms with E-state index in [0.717, 1.165) is 25.1 Å². The monoisotopic (exact) mass is 223 g/mol. The molecule has 1 nitrogen and oxygen atoms in total. The first-order chi connectivity index (χ1) is 7.44. The Hall–Kier alpha value is -0.890. The fraction of sp³-hybridized carbons (Fsp3) is 0.571. The predicted molar refractivity (Wildman–Crippen MR) is 66.9 cm³/mol. The summed E-state index contributed by atoms with van der Waals surface area (Å²) in [5.74, 6) is -0.127. The van der Waals surface area contributed by atoms with Crippen molar-refractivity contribution in [2.24, 2.45) is 5.41 Å². The Morgan fingerprint density at radius 3 is 2.56 bits per heavy atom. The lowest BCUT2D eigenvalue weighted by molar-refractivity contribution is 0.327. The average molecular weight is 223 g/mol. The summed E-state index contributed by atoms with van der Waals surface area (Å²) in [6.45, 7) is 10.3. The zero-order chi connectivity index (χ0) is 12.2. The van der Waals surface area contributed by atoms with E-state index in [1.165, 1.54) is 6.07 Å². The predicted octanol–water partition coefficient (Wildman–Crippen LogP) is 3.66. The third-order valence-corrected chi connectivity index (χ3v) is 3.11. The van der Waals surface area contributed by atoms with Crippen LogP contribution in [0.15, 0.2) is 18.2 Å². The van der Waals surface area contributed by atoms with Crippen LogP contribution in [0.5, 0.6) is 0 Å². The zero-order valence-electron chi connectivity index (χ0n) is 10.7. The summed E-state index contributed by atoms with van der Waals surface area (Å²) in [6.07, 6.45) is 1.16. The third kappa shape index (κ3) is 3.93. The van der Waals surface area contributed by atoms with Gasteiger partial charge in [0, 0.05) is 13.1 Å². The van der Waals surface area contributed by atoms with Crippen molar-refractivity contribution >= 4 is 0 Å². The highest BCUT2D eigenvalue weighted by molar-refractivity contribution is 5.23.